The molecule has 18 heavy (non-hydrogen) atoms. The van der Waals surface area contributed by atoms with Gasteiger partial charge in [0.2, 0.25) is 0 Å². The summed E-state index contributed by atoms with van der Waals surface area (Å²) >= 11 is 0. The van der Waals surface area contributed by atoms with E-state index in [0.717, 1.165) is 19.8 Å². The molecule has 102 valence electrons. The van der Waals surface area contributed by atoms with Gasteiger partial charge in [0.25, 0.3) is 0 Å². The van der Waals surface area contributed by atoms with E-state index in [2.05, 4.69) is 41.2 Å². The number of nitrogens with one attached hydrogen (secondary N) is 2. The zero-order chi connectivity index (χ0) is 13.4. The highest BCUT2D eigenvalue weighted by Gasteiger charge is 2.23. The summed E-state index contributed by atoms with van der Waals surface area (Å²) in [5.74, 6) is 5.52. The molecule has 0 aromatic heterocycles. The van der Waals surface area contributed by atoms with Crippen molar-refractivity contribution in [3.05, 3.63) is 0 Å². The Morgan fingerprint density at radius 1 is 1.56 bits per heavy atom. The van der Waals surface area contributed by atoms with E-state index in [1.165, 1.54) is 0 Å². The van der Waals surface area contributed by atoms with Gasteiger partial charge in [0, 0.05) is 25.2 Å². The number of morpholine rings is 1. The Kier molecular flexibility index (Phi) is 6.55. The lowest BCUT2D eigenvalue weighted by atomic mass is 10.2. The summed E-state index contributed by atoms with van der Waals surface area (Å²) in [4.78, 5) is 13.8. The lowest BCUT2D eigenvalue weighted by Gasteiger charge is -2.37. The smallest absolute Gasteiger partial charge is 0.315 e. The van der Waals surface area contributed by atoms with E-state index in [1.807, 2.05) is 0 Å². The number of nitrogens with zero attached hydrogens (tertiary/aromatic N) is 1. The summed E-state index contributed by atoms with van der Waals surface area (Å²) in [7, 11) is 0. The summed E-state index contributed by atoms with van der Waals surface area (Å²) in [5.41, 5.74) is 0. The summed E-state index contributed by atoms with van der Waals surface area (Å²) in [6, 6.07) is 0.557. The van der Waals surface area contributed by atoms with Gasteiger partial charge in [-0.15, -0.1) is 5.92 Å². The molecule has 1 rings (SSSR count). The highest BCUT2D eigenvalue weighted by Crippen LogP contribution is 2.09. The van der Waals surface area contributed by atoms with Gasteiger partial charge in [-0.05, 0) is 20.8 Å². The van der Waals surface area contributed by atoms with E-state index < -0.39 is 0 Å². The molecule has 1 saturated heterocycles. The zero-order valence-electron chi connectivity index (χ0n) is 11.5. The summed E-state index contributed by atoms with van der Waals surface area (Å²) in [5, 5.41) is 5.55. The fraction of sp³-hybridized carbons (Fsp3) is 0.769. The maximum absolute atomic E-state index is 11.5. The molecule has 0 aromatic carbocycles. The Labute approximate surface area is 109 Å². The average Bonchev–Trinajstić information content (AvgIpc) is 2.37. The van der Waals surface area contributed by atoms with Gasteiger partial charge in [-0.25, -0.2) is 4.79 Å². The zero-order valence-corrected chi connectivity index (χ0v) is 11.5. The summed E-state index contributed by atoms with van der Waals surface area (Å²) in [6.45, 7) is 9.50. The molecule has 0 radical (unpaired) electrons. The SMILES string of the molecule is CC#CCNC(=O)NC[C@H](C)N1CCOC[C@@H]1C. The Morgan fingerprint density at radius 2 is 2.33 bits per heavy atom. The van der Waals surface area contributed by atoms with Gasteiger partial charge < -0.3 is 15.4 Å². The lowest BCUT2D eigenvalue weighted by Crippen LogP contribution is -2.52. The van der Waals surface area contributed by atoms with Crippen molar-refractivity contribution in [3.8, 4) is 11.8 Å². The van der Waals surface area contributed by atoms with E-state index >= 15 is 0 Å². The topological polar surface area (TPSA) is 53.6 Å². The number of hydrogen-bond donors (Lipinski definition) is 2. The molecule has 0 saturated carbocycles. The first-order valence-corrected chi connectivity index (χ1v) is 6.40. The molecule has 1 heterocycles. The first kappa shape index (κ1) is 14.8. The standard InChI is InChI=1S/C13H23N3O2/c1-4-5-6-14-13(17)15-9-11(2)16-7-8-18-10-12(16)3/h11-12H,6-10H2,1-3H3,(H2,14,15,17)/t11-,12-/m0/s1. The third kappa shape index (κ3) is 4.94. The summed E-state index contributed by atoms with van der Waals surface area (Å²) < 4.78 is 5.40. The first-order chi connectivity index (χ1) is 8.65. The second-order valence-corrected chi connectivity index (χ2v) is 4.50. The number of hydrogen-bond acceptors (Lipinski definition) is 3. The van der Waals surface area contributed by atoms with Crippen LogP contribution in [-0.2, 0) is 4.74 Å². The van der Waals surface area contributed by atoms with Crippen molar-refractivity contribution in [3.63, 3.8) is 0 Å². The van der Waals surface area contributed by atoms with Gasteiger partial charge >= 0.3 is 6.03 Å². The van der Waals surface area contributed by atoms with Crippen LogP contribution < -0.4 is 10.6 Å². The molecule has 0 aromatic rings. The third-order valence-corrected chi connectivity index (χ3v) is 3.06. The predicted molar refractivity (Wildman–Crippen MR) is 71.3 cm³/mol. The van der Waals surface area contributed by atoms with Crippen LogP contribution in [0.3, 0.4) is 0 Å². The van der Waals surface area contributed by atoms with Crippen molar-refractivity contribution >= 4 is 6.03 Å². The number of carbonyl (C=O) groups excluding carboxylic acids is 1. The van der Waals surface area contributed by atoms with Crippen molar-refractivity contribution in [2.24, 2.45) is 0 Å². The van der Waals surface area contributed by atoms with Crippen molar-refractivity contribution in [2.75, 3.05) is 32.8 Å². The van der Waals surface area contributed by atoms with Gasteiger partial charge in [0.1, 0.15) is 0 Å². The van der Waals surface area contributed by atoms with Crippen LogP contribution in [0.1, 0.15) is 20.8 Å². The largest absolute Gasteiger partial charge is 0.379 e. The number of urea groups is 1. The van der Waals surface area contributed by atoms with Crippen LogP contribution in [0.2, 0.25) is 0 Å². The predicted octanol–water partition coefficient (Wildman–Crippen LogP) is 0.418. The van der Waals surface area contributed by atoms with Crippen LogP contribution in [0.4, 0.5) is 4.79 Å². The Balaban J connectivity index is 2.24. The number of carbonyl (C=O) groups is 1. The second kappa shape index (κ2) is 7.96. The molecule has 0 unspecified atom stereocenters. The molecule has 2 atom stereocenters. The molecule has 0 bridgehead atoms. The van der Waals surface area contributed by atoms with Crippen molar-refractivity contribution in [1.82, 2.24) is 15.5 Å². The van der Waals surface area contributed by atoms with E-state index in [1.54, 1.807) is 6.92 Å². The quantitative estimate of drug-likeness (QED) is 0.714. The molecular formula is C13H23N3O2. The Bertz CT molecular complexity index is 322. The number of rotatable bonds is 4. The van der Waals surface area contributed by atoms with Gasteiger partial charge in [0.15, 0.2) is 0 Å². The lowest BCUT2D eigenvalue weighted by molar-refractivity contribution is -0.0176. The molecule has 2 amide bonds. The minimum atomic E-state index is -0.162. The average molecular weight is 253 g/mol. The maximum atomic E-state index is 11.5. The molecule has 1 aliphatic rings. The van der Waals surface area contributed by atoms with Crippen LogP contribution in [0.5, 0.6) is 0 Å². The second-order valence-electron chi connectivity index (χ2n) is 4.50. The fourth-order valence-corrected chi connectivity index (χ4v) is 2.03. The van der Waals surface area contributed by atoms with E-state index in [4.69, 9.17) is 4.74 Å². The van der Waals surface area contributed by atoms with Crippen LogP contribution >= 0.6 is 0 Å². The Hall–Kier alpha value is -1.25. The van der Waals surface area contributed by atoms with E-state index in [0.29, 0.717) is 25.2 Å². The third-order valence-electron chi connectivity index (χ3n) is 3.06. The number of ether oxygens (including phenoxy) is 1. The maximum Gasteiger partial charge on any atom is 0.315 e. The molecule has 2 N–H and O–H groups in total. The molecule has 5 heteroatoms. The molecule has 1 aliphatic heterocycles. The molecule has 0 spiro atoms. The summed E-state index contributed by atoms with van der Waals surface area (Å²) in [6.07, 6.45) is 0. The minimum absolute atomic E-state index is 0.162. The van der Waals surface area contributed by atoms with Gasteiger partial charge in [0.05, 0.1) is 19.8 Å². The highest BCUT2D eigenvalue weighted by molar-refractivity contribution is 5.74. The normalized spacial score (nSPS) is 21.6. The molecular weight excluding hydrogens is 230 g/mol. The Morgan fingerprint density at radius 3 is 3.00 bits per heavy atom. The monoisotopic (exact) mass is 253 g/mol. The number of amides is 2. The van der Waals surface area contributed by atoms with E-state index in [-0.39, 0.29) is 6.03 Å². The van der Waals surface area contributed by atoms with Gasteiger partial charge in [-0.3, -0.25) is 4.90 Å². The molecule has 0 aliphatic carbocycles. The van der Waals surface area contributed by atoms with Gasteiger partial charge in [-0.1, -0.05) is 5.92 Å². The molecule has 5 nitrogen and oxygen atoms in total. The van der Waals surface area contributed by atoms with Crippen molar-refractivity contribution < 1.29 is 9.53 Å². The van der Waals surface area contributed by atoms with Crippen molar-refractivity contribution in [2.45, 2.75) is 32.9 Å². The van der Waals surface area contributed by atoms with Crippen LogP contribution in [0, 0.1) is 11.8 Å². The van der Waals surface area contributed by atoms with Crippen LogP contribution in [0.25, 0.3) is 0 Å². The van der Waals surface area contributed by atoms with Crippen LogP contribution in [0.15, 0.2) is 0 Å². The fourth-order valence-electron chi connectivity index (χ4n) is 2.03. The minimum Gasteiger partial charge on any atom is -0.379 e. The van der Waals surface area contributed by atoms with Gasteiger partial charge in [-0.2, -0.15) is 0 Å². The first-order valence-electron chi connectivity index (χ1n) is 6.40. The van der Waals surface area contributed by atoms with E-state index in [9.17, 15) is 4.79 Å². The van der Waals surface area contributed by atoms with Crippen LogP contribution in [-0.4, -0.2) is 55.9 Å². The highest BCUT2D eigenvalue weighted by atomic mass is 16.5. The van der Waals surface area contributed by atoms with Crippen molar-refractivity contribution in [1.29, 1.82) is 0 Å². The molecule has 1 fully saturated rings.